The Bertz CT molecular complexity index is 412. The number of ether oxygens (including phenoxy) is 3. The van der Waals surface area contributed by atoms with Crippen LogP contribution in [0.2, 0.25) is 0 Å². The highest BCUT2D eigenvalue weighted by Crippen LogP contribution is 2.29. The van der Waals surface area contributed by atoms with Crippen LogP contribution < -0.4 is 9.47 Å². The molecule has 1 aromatic carbocycles. The molecule has 5 nitrogen and oxygen atoms in total. The fourth-order valence-corrected chi connectivity index (χ4v) is 2.89. The predicted octanol–water partition coefficient (Wildman–Crippen LogP) is 2.25. The minimum atomic E-state index is 0.0198. The first-order valence-electron chi connectivity index (χ1n) is 8.47. The molecule has 0 atom stereocenters. The highest BCUT2D eigenvalue weighted by Gasteiger charge is 2.21. The summed E-state index contributed by atoms with van der Waals surface area (Å²) in [4.78, 5) is 0. The van der Waals surface area contributed by atoms with Crippen molar-refractivity contribution in [2.45, 2.75) is 25.7 Å². The van der Waals surface area contributed by atoms with Crippen LogP contribution in [-0.2, 0) is 4.74 Å². The molecule has 1 saturated carbocycles. The first-order valence-corrected chi connectivity index (χ1v) is 8.47. The summed E-state index contributed by atoms with van der Waals surface area (Å²) in [5.74, 6) is 2.83. The Morgan fingerprint density at radius 1 is 0.739 bits per heavy atom. The normalized spacial score (nSPS) is 21.1. The fourth-order valence-electron chi connectivity index (χ4n) is 2.89. The Morgan fingerprint density at radius 2 is 1.26 bits per heavy atom. The van der Waals surface area contributed by atoms with Crippen molar-refractivity contribution in [2.75, 3.05) is 39.6 Å². The molecule has 0 aromatic heterocycles. The molecule has 0 unspecified atom stereocenters. The Kier molecular flexibility index (Phi) is 8.21. The predicted molar refractivity (Wildman–Crippen MR) is 87.9 cm³/mol. The van der Waals surface area contributed by atoms with Gasteiger partial charge in [-0.15, -0.1) is 0 Å². The molecule has 0 amide bonds. The van der Waals surface area contributed by atoms with Crippen LogP contribution in [-0.4, -0.2) is 49.9 Å². The largest absolute Gasteiger partial charge is 0.493 e. The molecule has 23 heavy (non-hydrogen) atoms. The van der Waals surface area contributed by atoms with E-state index in [1.807, 2.05) is 24.3 Å². The number of benzene rings is 1. The van der Waals surface area contributed by atoms with E-state index in [0.717, 1.165) is 24.7 Å². The van der Waals surface area contributed by atoms with Gasteiger partial charge in [0.25, 0.3) is 0 Å². The monoisotopic (exact) mass is 324 g/mol. The van der Waals surface area contributed by atoms with E-state index < -0.39 is 0 Å². The smallest absolute Gasteiger partial charge is 0.119 e. The number of hydrogen-bond donors (Lipinski definition) is 2. The van der Waals surface area contributed by atoms with Crippen LogP contribution in [0.3, 0.4) is 0 Å². The number of aliphatic hydroxyl groups excluding tert-OH is 2. The van der Waals surface area contributed by atoms with E-state index >= 15 is 0 Å². The van der Waals surface area contributed by atoms with Gasteiger partial charge >= 0.3 is 0 Å². The molecule has 130 valence electrons. The lowest BCUT2D eigenvalue weighted by Gasteiger charge is -2.28. The maximum absolute atomic E-state index is 8.72. The molecule has 0 saturated heterocycles. The summed E-state index contributed by atoms with van der Waals surface area (Å²) in [7, 11) is 0. The molecule has 0 bridgehead atoms. The minimum Gasteiger partial charge on any atom is -0.493 e. The molecule has 1 aromatic rings. The average molecular weight is 324 g/mol. The van der Waals surface area contributed by atoms with Crippen LogP contribution in [0.5, 0.6) is 11.5 Å². The summed E-state index contributed by atoms with van der Waals surface area (Å²) < 4.78 is 16.6. The Labute approximate surface area is 138 Å². The molecule has 1 aliphatic carbocycles. The van der Waals surface area contributed by atoms with E-state index in [2.05, 4.69) is 0 Å². The molecule has 5 heteroatoms. The molecule has 2 N–H and O–H groups in total. The topological polar surface area (TPSA) is 68.2 Å². The van der Waals surface area contributed by atoms with Gasteiger partial charge in [-0.05, 0) is 61.8 Å². The van der Waals surface area contributed by atoms with Gasteiger partial charge in [-0.25, -0.2) is 0 Å². The SMILES string of the molecule is OCCOCC1CCC(COc2ccc(OCCO)cc2)CC1. The second-order valence-electron chi connectivity index (χ2n) is 6.04. The van der Waals surface area contributed by atoms with Gasteiger partial charge in [-0.2, -0.15) is 0 Å². The van der Waals surface area contributed by atoms with Gasteiger partial charge in [0.1, 0.15) is 18.1 Å². The van der Waals surface area contributed by atoms with Crippen molar-refractivity contribution in [3.05, 3.63) is 24.3 Å². The van der Waals surface area contributed by atoms with Gasteiger partial charge in [-0.1, -0.05) is 0 Å². The second kappa shape index (κ2) is 10.5. The van der Waals surface area contributed by atoms with E-state index in [1.165, 1.54) is 25.7 Å². The molecule has 1 fully saturated rings. The highest BCUT2D eigenvalue weighted by atomic mass is 16.5. The zero-order valence-corrected chi connectivity index (χ0v) is 13.7. The number of hydrogen-bond acceptors (Lipinski definition) is 5. The maximum Gasteiger partial charge on any atom is 0.119 e. The fraction of sp³-hybridized carbons (Fsp3) is 0.667. The van der Waals surface area contributed by atoms with Gasteiger partial charge in [-0.3, -0.25) is 0 Å². The first kappa shape index (κ1) is 18.0. The van der Waals surface area contributed by atoms with E-state index in [9.17, 15) is 0 Å². The van der Waals surface area contributed by atoms with Crippen LogP contribution in [0.25, 0.3) is 0 Å². The average Bonchev–Trinajstić information content (AvgIpc) is 2.60. The van der Waals surface area contributed by atoms with Gasteiger partial charge in [0.2, 0.25) is 0 Å². The summed E-state index contributed by atoms with van der Waals surface area (Å²) in [6, 6.07) is 7.53. The molecular formula is C18H28O5. The van der Waals surface area contributed by atoms with Crippen LogP contribution >= 0.6 is 0 Å². The van der Waals surface area contributed by atoms with Crippen molar-refractivity contribution in [1.29, 1.82) is 0 Å². The minimum absolute atomic E-state index is 0.0198. The van der Waals surface area contributed by atoms with Crippen LogP contribution in [0, 0.1) is 11.8 Å². The van der Waals surface area contributed by atoms with Crippen molar-refractivity contribution in [2.24, 2.45) is 11.8 Å². The van der Waals surface area contributed by atoms with Gasteiger partial charge < -0.3 is 24.4 Å². The lowest BCUT2D eigenvalue weighted by atomic mass is 9.83. The molecule has 1 aliphatic rings. The van der Waals surface area contributed by atoms with Crippen LogP contribution in [0.1, 0.15) is 25.7 Å². The lowest BCUT2D eigenvalue weighted by molar-refractivity contribution is 0.0495. The van der Waals surface area contributed by atoms with Crippen molar-refractivity contribution in [3.8, 4) is 11.5 Å². The number of aliphatic hydroxyl groups is 2. The zero-order chi connectivity index (χ0) is 16.3. The third-order valence-corrected chi connectivity index (χ3v) is 4.22. The summed E-state index contributed by atoms with van der Waals surface area (Å²) in [5.41, 5.74) is 0. The van der Waals surface area contributed by atoms with Crippen molar-refractivity contribution < 1.29 is 24.4 Å². The molecular weight excluding hydrogens is 296 g/mol. The van der Waals surface area contributed by atoms with Crippen molar-refractivity contribution in [1.82, 2.24) is 0 Å². The summed E-state index contributed by atoms with van der Waals surface area (Å²) in [5, 5.41) is 17.4. The van der Waals surface area contributed by atoms with Gasteiger partial charge in [0.15, 0.2) is 0 Å². The summed E-state index contributed by atoms with van der Waals surface area (Å²) >= 11 is 0. The summed E-state index contributed by atoms with van der Waals surface area (Å²) in [6.45, 7) is 2.40. The molecule has 0 radical (unpaired) electrons. The number of rotatable bonds is 10. The maximum atomic E-state index is 8.72. The Balaban J connectivity index is 1.63. The van der Waals surface area contributed by atoms with Gasteiger partial charge in [0.05, 0.1) is 26.4 Å². The zero-order valence-electron chi connectivity index (χ0n) is 13.7. The lowest BCUT2D eigenvalue weighted by Crippen LogP contribution is -2.23. The van der Waals surface area contributed by atoms with E-state index in [0.29, 0.717) is 25.0 Å². The first-order chi connectivity index (χ1) is 11.3. The summed E-state index contributed by atoms with van der Waals surface area (Å²) in [6.07, 6.45) is 4.69. The molecule has 0 spiro atoms. The van der Waals surface area contributed by atoms with Crippen LogP contribution in [0.4, 0.5) is 0 Å². The highest BCUT2D eigenvalue weighted by molar-refractivity contribution is 5.31. The van der Waals surface area contributed by atoms with Crippen molar-refractivity contribution in [3.63, 3.8) is 0 Å². The van der Waals surface area contributed by atoms with Crippen LogP contribution in [0.15, 0.2) is 24.3 Å². The van der Waals surface area contributed by atoms with E-state index in [4.69, 9.17) is 24.4 Å². The standard InChI is InChI=1S/C18H28O5/c19-9-11-21-13-15-1-3-16(4-2-15)14-23-18-7-5-17(6-8-18)22-12-10-20/h5-8,15-16,19-20H,1-4,9-14H2. The van der Waals surface area contributed by atoms with Crippen molar-refractivity contribution >= 4 is 0 Å². The third-order valence-electron chi connectivity index (χ3n) is 4.22. The van der Waals surface area contributed by atoms with Gasteiger partial charge in [0, 0.05) is 6.61 Å². The van der Waals surface area contributed by atoms with E-state index in [1.54, 1.807) is 0 Å². The quantitative estimate of drug-likeness (QED) is 0.646. The third kappa shape index (κ3) is 6.77. The molecule has 0 aliphatic heterocycles. The molecule has 2 rings (SSSR count). The Hall–Kier alpha value is -1.30. The van der Waals surface area contributed by atoms with E-state index in [-0.39, 0.29) is 13.2 Å². The molecule has 0 heterocycles. The Morgan fingerprint density at radius 3 is 1.83 bits per heavy atom. The second-order valence-corrected chi connectivity index (χ2v) is 6.04.